The summed E-state index contributed by atoms with van der Waals surface area (Å²) in [6, 6.07) is 6.34. The van der Waals surface area contributed by atoms with Crippen molar-refractivity contribution in [3.63, 3.8) is 0 Å². The minimum Gasteiger partial charge on any atom is -0.444 e. The molecule has 1 amide bonds. The molecule has 0 aromatic heterocycles. The van der Waals surface area contributed by atoms with E-state index < -0.39 is 5.60 Å². The lowest BCUT2D eigenvalue weighted by atomic mass is 10.1. The summed E-state index contributed by atoms with van der Waals surface area (Å²) < 4.78 is 7.74. The first-order valence-electron chi connectivity index (χ1n) is 6.72. The molecular formula is C15H19BrINO2. The summed E-state index contributed by atoms with van der Waals surface area (Å²) in [5.74, 6) is 0. The van der Waals surface area contributed by atoms with E-state index in [1.54, 1.807) is 0 Å². The summed E-state index contributed by atoms with van der Waals surface area (Å²) in [6.45, 7) is 6.46. The standard InChI is InChI=1S/C15H19BrINO2/c1-15(2,3)20-14(19)18-8-4-5-13(18)11-9-10(17)6-7-12(11)16/h6-7,9,13H,4-5,8H2,1-3H3/t13-/m0/s1. The van der Waals surface area contributed by atoms with Gasteiger partial charge in [-0.15, -0.1) is 0 Å². The van der Waals surface area contributed by atoms with Gasteiger partial charge in [-0.2, -0.15) is 0 Å². The maximum Gasteiger partial charge on any atom is 0.410 e. The van der Waals surface area contributed by atoms with E-state index in [-0.39, 0.29) is 12.1 Å². The Morgan fingerprint density at radius 3 is 2.80 bits per heavy atom. The van der Waals surface area contributed by atoms with Crippen molar-refractivity contribution in [1.29, 1.82) is 0 Å². The monoisotopic (exact) mass is 451 g/mol. The van der Waals surface area contributed by atoms with Crippen LogP contribution in [0, 0.1) is 3.57 Å². The molecule has 5 heteroatoms. The van der Waals surface area contributed by atoms with Gasteiger partial charge < -0.3 is 9.64 Å². The average Bonchev–Trinajstić information content (AvgIpc) is 2.79. The molecule has 1 aromatic rings. The van der Waals surface area contributed by atoms with Crippen molar-refractivity contribution in [3.8, 4) is 0 Å². The van der Waals surface area contributed by atoms with Gasteiger partial charge >= 0.3 is 6.09 Å². The molecule has 1 saturated heterocycles. The second-order valence-electron chi connectivity index (χ2n) is 6.00. The molecule has 1 atom stereocenters. The molecule has 20 heavy (non-hydrogen) atoms. The molecule has 0 radical (unpaired) electrons. The highest BCUT2D eigenvalue weighted by Crippen LogP contribution is 2.37. The molecule has 0 saturated carbocycles. The normalized spacial score (nSPS) is 19.2. The van der Waals surface area contributed by atoms with Gasteiger partial charge in [0.05, 0.1) is 6.04 Å². The zero-order chi connectivity index (χ0) is 14.9. The summed E-state index contributed by atoms with van der Waals surface area (Å²) >= 11 is 5.90. The summed E-state index contributed by atoms with van der Waals surface area (Å²) in [5, 5.41) is 0. The van der Waals surface area contributed by atoms with Crippen LogP contribution in [0.2, 0.25) is 0 Å². The topological polar surface area (TPSA) is 29.5 Å². The number of likely N-dealkylation sites (tertiary alicyclic amines) is 1. The summed E-state index contributed by atoms with van der Waals surface area (Å²) in [7, 11) is 0. The number of rotatable bonds is 1. The van der Waals surface area contributed by atoms with Crippen LogP contribution in [-0.4, -0.2) is 23.1 Å². The average molecular weight is 452 g/mol. The molecule has 0 aliphatic carbocycles. The smallest absolute Gasteiger partial charge is 0.410 e. The van der Waals surface area contributed by atoms with E-state index in [1.807, 2.05) is 31.7 Å². The van der Waals surface area contributed by atoms with E-state index in [0.717, 1.165) is 23.9 Å². The number of nitrogens with zero attached hydrogens (tertiary/aromatic N) is 1. The molecule has 1 fully saturated rings. The highest BCUT2D eigenvalue weighted by atomic mass is 127. The number of hydrogen-bond donors (Lipinski definition) is 0. The molecular weight excluding hydrogens is 433 g/mol. The Morgan fingerprint density at radius 2 is 2.15 bits per heavy atom. The lowest BCUT2D eigenvalue weighted by Crippen LogP contribution is -2.36. The highest BCUT2D eigenvalue weighted by Gasteiger charge is 2.34. The molecule has 1 heterocycles. The maximum atomic E-state index is 12.3. The fourth-order valence-corrected chi connectivity index (χ4v) is 3.43. The van der Waals surface area contributed by atoms with E-state index in [1.165, 1.54) is 9.13 Å². The van der Waals surface area contributed by atoms with Crippen LogP contribution < -0.4 is 0 Å². The third kappa shape index (κ3) is 3.87. The second kappa shape index (κ2) is 6.22. The Hall–Kier alpha value is -0.300. The number of hydrogen-bond acceptors (Lipinski definition) is 2. The minimum absolute atomic E-state index is 0.106. The Bertz CT molecular complexity index is 513. The molecule has 3 nitrogen and oxygen atoms in total. The number of benzene rings is 1. The first-order valence-corrected chi connectivity index (χ1v) is 8.60. The Balaban J connectivity index is 2.23. The molecule has 0 spiro atoms. The quantitative estimate of drug-likeness (QED) is 0.554. The molecule has 1 aromatic carbocycles. The van der Waals surface area contributed by atoms with Gasteiger partial charge in [-0.25, -0.2) is 4.79 Å². The Morgan fingerprint density at radius 1 is 1.45 bits per heavy atom. The number of carbonyl (C=O) groups is 1. The van der Waals surface area contributed by atoms with Crippen LogP contribution in [0.5, 0.6) is 0 Å². The number of carbonyl (C=O) groups excluding carboxylic acids is 1. The molecule has 2 rings (SSSR count). The SMILES string of the molecule is CC(C)(C)OC(=O)N1CCC[C@H]1c1cc(I)ccc1Br. The van der Waals surface area contributed by atoms with Crippen LogP contribution in [0.1, 0.15) is 45.2 Å². The summed E-state index contributed by atoms with van der Waals surface area (Å²) in [5.41, 5.74) is 0.715. The van der Waals surface area contributed by atoms with Crippen LogP contribution in [0.4, 0.5) is 4.79 Å². The van der Waals surface area contributed by atoms with Crippen molar-refractivity contribution < 1.29 is 9.53 Å². The third-order valence-electron chi connectivity index (χ3n) is 3.20. The van der Waals surface area contributed by atoms with E-state index in [2.05, 4.69) is 50.7 Å². The van der Waals surface area contributed by atoms with Crippen LogP contribution in [0.25, 0.3) is 0 Å². The lowest BCUT2D eigenvalue weighted by Gasteiger charge is -2.29. The number of halogens is 2. The van der Waals surface area contributed by atoms with Gasteiger partial charge in [-0.1, -0.05) is 15.9 Å². The van der Waals surface area contributed by atoms with Gasteiger partial charge in [0.15, 0.2) is 0 Å². The minimum atomic E-state index is -0.452. The molecule has 0 unspecified atom stereocenters. The Kier molecular flexibility index (Phi) is 5.00. The van der Waals surface area contributed by atoms with Gasteiger partial charge in [0.1, 0.15) is 5.60 Å². The van der Waals surface area contributed by atoms with Crippen molar-refractivity contribution >= 4 is 44.6 Å². The van der Waals surface area contributed by atoms with Crippen molar-refractivity contribution in [2.45, 2.75) is 45.3 Å². The first kappa shape index (κ1) is 16.1. The maximum absolute atomic E-state index is 12.3. The zero-order valence-corrected chi connectivity index (χ0v) is 15.7. The number of amides is 1. The highest BCUT2D eigenvalue weighted by molar-refractivity contribution is 14.1. The lowest BCUT2D eigenvalue weighted by molar-refractivity contribution is 0.0224. The van der Waals surface area contributed by atoms with Crippen LogP contribution >= 0.6 is 38.5 Å². The van der Waals surface area contributed by atoms with Gasteiger partial charge in [0.2, 0.25) is 0 Å². The van der Waals surface area contributed by atoms with E-state index in [0.29, 0.717) is 0 Å². The fourth-order valence-electron chi connectivity index (χ4n) is 2.40. The molecule has 1 aliphatic rings. The summed E-state index contributed by atoms with van der Waals surface area (Å²) in [4.78, 5) is 14.2. The van der Waals surface area contributed by atoms with Crippen LogP contribution in [0.15, 0.2) is 22.7 Å². The number of ether oxygens (including phenoxy) is 1. The predicted octanol–water partition coefficient (Wildman–Crippen LogP) is 5.13. The zero-order valence-electron chi connectivity index (χ0n) is 12.0. The van der Waals surface area contributed by atoms with E-state index in [4.69, 9.17) is 4.74 Å². The molecule has 0 bridgehead atoms. The van der Waals surface area contributed by atoms with E-state index in [9.17, 15) is 4.79 Å². The van der Waals surface area contributed by atoms with Gasteiger partial charge in [0, 0.05) is 14.6 Å². The molecule has 110 valence electrons. The molecule has 1 aliphatic heterocycles. The van der Waals surface area contributed by atoms with Crippen molar-refractivity contribution in [1.82, 2.24) is 4.90 Å². The van der Waals surface area contributed by atoms with Crippen molar-refractivity contribution in [2.24, 2.45) is 0 Å². The fraction of sp³-hybridized carbons (Fsp3) is 0.533. The van der Waals surface area contributed by atoms with Gasteiger partial charge in [0.25, 0.3) is 0 Å². The summed E-state index contributed by atoms with van der Waals surface area (Å²) in [6.07, 6.45) is 1.78. The second-order valence-corrected chi connectivity index (χ2v) is 8.10. The van der Waals surface area contributed by atoms with Crippen LogP contribution in [0.3, 0.4) is 0 Å². The van der Waals surface area contributed by atoms with E-state index >= 15 is 0 Å². The van der Waals surface area contributed by atoms with Gasteiger partial charge in [-0.05, 0) is 80.0 Å². The van der Waals surface area contributed by atoms with Crippen molar-refractivity contribution in [2.75, 3.05) is 6.54 Å². The van der Waals surface area contributed by atoms with Gasteiger partial charge in [-0.3, -0.25) is 0 Å². The molecule has 0 N–H and O–H groups in total. The largest absolute Gasteiger partial charge is 0.444 e. The Labute approximate surface area is 142 Å². The predicted molar refractivity (Wildman–Crippen MR) is 91.8 cm³/mol. The third-order valence-corrected chi connectivity index (χ3v) is 4.59. The van der Waals surface area contributed by atoms with Crippen molar-refractivity contribution in [3.05, 3.63) is 31.8 Å². The van der Waals surface area contributed by atoms with Crippen LogP contribution in [-0.2, 0) is 4.74 Å². The first-order chi connectivity index (χ1) is 9.28.